The number of carbonyl (C=O) groups excluding carboxylic acids is 3. The molecule has 0 aromatic heterocycles. The molecule has 6 heteroatoms. The van der Waals surface area contributed by atoms with E-state index in [1.807, 2.05) is 6.07 Å². The third-order valence-electron chi connectivity index (χ3n) is 4.95. The van der Waals surface area contributed by atoms with E-state index in [2.05, 4.69) is 0 Å². The maximum Gasteiger partial charge on any atom is 0.258 e. The summed E-state index contributed by atoms with van der Waals surface area (Å²) in [6, 6.07) is 13.9. The van der Waals surface area contributed by atoms with Crippen LogP contribution in [0.25, 0.3) is 0 Å². The second-order valence-electron chi connectivity index (χ2n) is 6.22. The van der Waals surface area contributed by atoms with Gasteiger partial charge in [-0.05, 0) is 30.3 Å². The Morgan fingerprint density at radius 3 is 2.40 bits per heavy atom. The van der Waals surface area contributed by atoms with Crippen LogP contribution >= 0.6 is 0 Å². The Balaban J connectivity index is 1.85. The molecule has 4 rings (SSSR count). The number of β-lactam (4-membered cyclic amide) rings is 2. The van der Waals surface area contributed by atoms with Gasteiger partial charge >= 0.3 is 0 Å². The Hall–Kier alpha value is -3.15. The van der Waals surface area contributed by atoms with E-state index < -0.39 is 5.41 Å². The van der Waals surface area contributed by atoms with E-state index in [0.29, 0.717) is 22.6 Å². The minimum Gasteiger partial charge on any atom is -0.497 e. The second-order valence-corrected chi connectivity index (χ2v) is 6.22. The summed E-state index contributed by atoms with van der Waals surface area (Å²) in [6.45, 7) is 0.0191. The molecule has 1 saturated heterocycles. The molecule has 0 N–H and O–H groups in total. The van der Waals surface area contributed by atoms with E-state index in [9.17, 15) is 14.4 Å². The molecule has 2 aliphatic rings. The number of carbonyl (C=O) groups is 3. The Bertz CT molecular complexity index is 891. The summed E-state index contributed by atoms with van der Waals surface area (Å²) in [7, 11) is 2.98. The van der Waals surface area contributed by atoms with Crippen molar-refractivity contribution in [3.05, 3.63) is 59.7 Å². The van der Waals surface area contributed by atoms with E-state index >= 15 is 0 Å². The largest absolute Gasteiger partial charge is 0.497 e. The molecule has 2 aromatic rings. The lowest BCUT2D eigenvalue weighted by Gasteiger charge is -2.42. The maximum absolute atomic E-state index is 12.9. The molecule has 2 heterocycles. The standard InChI is InChI=1S/C19H16N2O4/c1-20-17(23)19(18(20)24)11-21(16(22)12-6-4-3-5-7-12)15-9-8-13(25-2)10-14(15)19/h3-10H,11H2,1-2H3. The van der Waals surface area contributed by atoms with Gasteiger partial charge in [0.15, 0.2) is 5.41 Å². The first-order valence-corrected chi connectivity index (χ1v) is 7.88. The highest BCUT2D eigenvalue weighted by molar-refractivity contribution is 6.29. The Morgan fingerprint density at radius 1 is 1.08 bits per heavy atom. The summed E-state index contributed by atoms with van der Waals surface area (Å²) in [5, 5.41) is 0. The average molecular weight is 336 g/mol. The Morgan fingerprint density at radius 2 is 1.76 bits per heavy atom. The number of nitrogens with zero attached hydrogens (tertiary/aromatic N) is 2. The van der Waals surface area contributed by atoms with E-state index in [0.717, 1.165) is 4.90 Å². The molecule has 1 spiro atoms. The molecule has 1 fully saturated rings. The van der Waals surface area contributed by atoms with Crippen molar-refractivity contribution in [3.63, 3.8) is 0 Å². The summed E-state index contributed by atoms with van der Waals surface area (Å²) >= 11 is 0. The van der Waals surface area contributed by atoms with Gasteiger partial charge in [0.1, 0.15) is 5.75 Å². The van der Waals surface area contributed by atoms with Crippen LogP contribution in [-0.2, 0) is 15.0 Å². The minimum atomic E-state index is -1.32. The number of likely N-dealkylation sites (tertiary alicyclic amines) is 1. The van der Waals surface area contributed by atoms with Crippen molar-refractivity contribution in [1.29, 1.82) is 0 Å². The van der Waals surface area contributed by atoms with E-state index in [4.69, 9.17) is 4.74 Å². The van der Waals surface area contributed by atoms with Gasteiger partial charge in [-0.3, -0.25) is 19.3 Å². The maximum atomic E-state index is 12.9. The van der Waals surface area contributed by atoms with Crippen LogP contribution in [0.4, 0.5) is 5.69 Å². The van der Waals surface area contributed by atoms with Gasteiger partial charge in [0.2, 0.25) is 0 Å². The van der Waals surface area contributed by atoms with Gasteiger partial charge < -0.3 is 9.64 Å². The lowest BCUT2D eigenvalue weighted by atomic mass is 9.73. The van der Waals surface area contributed by atoms with Crippen molar-refractivity contribution in [1.82, 2.24) is 4.90 Å². The molecule has 0 saturated carbocycles. The topological polar surface area (TPSA) is 66.9 Å². The highest BCUT2D eigenvalue weighted by Gasteiger charge is 2.65. The molecule has 2 aromatic carbocycles. The molecule has 0 radical (unpaired) electrons. The number of benzene rings is 2. The highest BCUT2D eigenvalue weighted by atomic mass is 16.5. The fraction of sp³-hybridized carbons (Fsp3) is 0.211. The molecule has 0 atom stereocenters. The third kappa shape index (κ3) is 1.88. The van der Waals surface area contributed by atoms with Crippen molar-refractivity contribution in [3.8, 4) is 5.75 Å². The van der Waals surface area contributed by atoms with Gasteiger partial charge in [0.25, 0.3) is 17.7 Å². The molecule has 126 valence electrons. The van der Waals surface area contributed by atoms with Gasteiger partial charge in [-0.25, -0.2) is 0 Å². The summed E-state index contributed by atoms with van der Waals surface area (Å²) in [4.78, 5) is 40.7. The van der Waals surface area contributed by atoms with Crippen molar-refractivity contribution in [2.24, 2.45) is 0 Å². The van der Waals surface area contributed by atoms with Crippen LogP contribution < -0.4 is 9.64 Å². The number of rotatable bonds is 2. The molecule has 0 bridgehead atoms. The first-order valence-electron chi connectivity index (χ1n) is 7.88. The predicted octanol–water partition coefficient (Wildman–Crippen LogP) is 1.59. The molecule has 3 amide bonds. The fourth-order valence-electron chi connectivity index (χ4n) is 3.61. The third-order valence-corrected chi connectivity index (χ3v) is 4.95. The summed E-state index contributed by atoms with van der Waals surface area (Å²) in [6.07, 6.45) is 0. The SMILES string of the molecule is COc1ccc2c(c1)C1(CN2C(=O)c2ccccc2)C(=O)N(C)C1=O. The van der Waals surface area contributed by atoms with E-state index in [1.54, 1.807) is 42.5 Å². The van der Waals surface area contributed by atoms with Gasteiger partial charge in [-0.1, -0.05) is 18.2 Å². The molecular weight excluding hydrogens is 320 g/mol. The molecular formula is C19H16N2O4. The first-order chi connectivity index (χ1) is 12.0. The zero-order chi connectivity index (χ0) is 17.8. The number of likely N-dealkylation sites (N-methyl/N-ethyl adjacent to an activating group) is 1. The van der Waals surface area contributed by atoms with Crippen molar-refractivity contribution < 1.29 is 19.1 Å². The van der Waals surface area contributed by atoms with Gasteiger partial charge in [-0.2, -0.15) is 0 Å². The van der Waals surface area contributed by atoms with Crippen LogP contribution in [0, 0.1) is 0 Å². The summed E-state index contributed by atoms with van der Waals surface area (Å²) < 4.78 is 5.24. The lowest BCUT2D eigenvalue weighted by Crippen LogP contribution is -2.69. The van der Waals surface area contributed by atoms with Crippen molar-refractivity contribution >= 4 is 23.4 Å². The van der Waals surface area contributed by atoms with Crippen LogP contribution in [0.3, 0.4) is 0 Å². The molecule has 2 aliphatic heterocycles. The van der Waals surface area contributed by atoms with Crippen LogP contribution in [-0.4, -0.2) is 43.3 Å². The van der Waals surface area contributed by atoms with E-state index in [-0.39, 0.29) is 24.3 Å². The van der Waals surface area contributed by atoms with Crippen LogP contribution in [0.15, 0.2) is 48.5 Å². The average Bonchev–Trinajstić information content (AvgIpc) is 3.03. The van der Waals surface area contributed by atoms with Crippen LogP contribution in [0.2, 0.25) is 0 Å². The number of hydrogen-bond donors (Lipinski definition) is 0. The van der Waals surface area contributed by atoms with Gasteiger partial charge in [-0.15, -0.1) is 0 Å². The zero-order valence-corrected chi connectivity index (χ0v) is 13.9. The Labute approximate surface area is 144 Å². The minimum absolute atomic E-state index is 0.0191. The fourth-order valence-corrected chi connectivity index (χ4v) is 3.61. The van der Waals surface area contributed by atoms with Crippen molar-refractivity contribution in [2.45, 2.75) is 5.41 Å². The number of methoxy groups -OCH3 is 1. The molecule has 0 unspecified atom stereocenters. The highest BCUT2D eigenvalue weighted by Crippen LogP contribution is 2.49. The number of ether oxygens (including phenoxy) is 1. The lowest BCUT2D eigenvalue weighted by molar-refractivity contribution is -0.165. The van der Waals surface area contributed by atoms with Crippen molar-refractivity contribution in [2.75, 3.05) is 25.6 Å². The van der Waals surface area contributed by atoms with E-state index in [1.165, 1.54) is 19.1 Å². The van der Waals surface area contributed by atoms with Gasteiger partial charge in [0, 0.05) is 23.9 Å². The summed E-state index contributed by atoms with van der Waals surface area (Å²) in [5.74, 6) is -0.285. The summed E-state index contributed by atoms with van der Waals surface area (Å²) in [5.41, 5.74) is 0.297. The number of amides is 3. The monoisotopic (exact) mass is 336 g/mol. The zero-order valence-electron chi connectivity index (χ0n) is 13.9. The molecule has 0 aliphatic carbocycles. The first kappa shape index (κ1) is 15.4. The quantitative estimate of drug-likeness (QED) is 0.617. The number of fused-ring (bicyclic) bond motifs is 2. The van der Waals surface area contributed by atoms with Crippen LogP contribution in [0.5, 0.6) is 5.75 Å². The number of imide groups is 1. The number of anilines is 1. The van der Waals surface area contributed by atoms with Crippen LogP contribution in [0.1, 0.15) is 15.9 Å². The van der Waals surface area contributed by atoms with Gasteiger partial charge in [0.05, 0.1) is 13.7 Å². The number of hydrogen-bond acceptors (Lipinski definition) is 4. The normalized spacial score (nSPS) is 17.5. The predicted molar refractivity (Wildman–Crippen MR) is 90.6 cm³/mol. The molecule has 25 heavy (non-hydrogen) atoms. The smallest absolute Gasteiger partial charge is 0.258 e. The second kappa shape index (κ2) is 5.17. The molecule has 6 nitrogen and oxygen atoms in total. The Kier molecular flexibility index (Phi) is 3.18.